The standard InChI is InChI=1S/C20H22ClNO4S/c1-3-14(26-15-10-6-5-9-13(15)21)18(23)22-19-17(20(24)25-2)12-8-4-7-11-16(12)27-19/h5-6,9-10,14H,3-4,7-8,11H2,1-2H3,(H,22,23)/t14-/m0/s1. The Bertz CT molecular complexity index is 849. The van der Waals surface area contributed by atoms with Gasteiger partial charge in [-0.3, -0.25) is 4.79 Å². The Morgan fingerprint density at radius 3 is 2.70 bits per heavy atom. The minimum absolute atomic E-state index is 0.304. The summed E-state index contributed by atoms with van der Waals surface area (Å²) in [7, 11) is 1.36. The Balaban J connectivity index is 1.83. The molecule has 0 unspecified atom stereocenters. The second-order valence-electron chi connectivity index (χ2n) is 6.34. The lowest BCUT2D eigenvalue weighted by Crippen LogP contribution is -2.32. The molecule has 2 aromatic rings. The molecule has 0 bridgehead atoms. The molecule has 0 fully saturated rings. The molecule has 0 saturated carbocycles. The number of fused-ring (bicyclic) bond motifs is 1. The summed E-state index contributed by atoms with van der Waals surface area (Å²) in [4.78, 5) is 26.3. The second-order valence-corrected chi connectivity index (χ2v) is 7.85. The summed E-state index contributed by atoms with van der Waals surface area (Å²) in [6.07, 6.45) is 3.64. The van der Waals surface area contributed by atoms with Crippen LogP contribution in [0.25, 0.3) is 0 Å². The summed E-state index contributed by atoms with van der Waals surface area (Å²) in [5.74, 6) is -0.259. The van der Waals surface area contributed by atoms with E-state index < -0.39 is 12.1 Å². The number of carbonyl (C=O) groups is 2. The number of rotatable bonds is 6. The molecule has 1 N–H and O–H groups in total. The number of para-hydroxylation sites is 1. The number of amides is 1. The van der Waals surface area contributed by atoms with Crippen molar-refractivity contribution in [2.75, 3.05) is 12.4 Å². The van der Waals surface area contributed by atoms with Gasteiger partial charge < -0.3 is 14.8 Å². The van der Waals surface area contributed by atoms with Crippen molar-refractivity contribution in [1.82, 2.24) is 0 Å². The maximum absolute atomic E-state index is 12.8. The van der Waals surface area contributed by atoms with E-state index in [0.29, 0.717) is 27.8 Å². The number of benzene rings is 1. The minimum atomic E-state index is -0.713. The Labute approximate surface area is 167 Å². The Kier molecular flexibility index (Phi) is 6.39. The van der Waals surface area contributed by atoms with Gasteiger partial charge in [0.15, 0.2) is 6.10 Å². The van der Waals surface area contributed by atoms with Gasteiger partial charge in [0.2, 0.25) is 0 Å². The zero-order chi connectivity index (χ0) is 19.4. The first-order valence-corrected chi connectivity index (χ1v) is 10.2. The third kappa shape index (κ3) is 4.28. The highest BCUT2D eigenvalue weighted by Crippen LogP contribution is 2.38. The summed E-state index contributed by atoms with van der Waals surface area (Å²) in [5, 5.41) is 3.88. The topological polar surface area (TPSA) is 64.6 Å². The van der Waals surface area contributed by atoms with Crippen LogP contribution in [0.4, 0.5) is 5.00 Å². The van der Waals surface area contributed by atoms with Crippen molar-refractivity contribution in [3.63, 3.8) is 0 Å². The lowest BCUT2D eigenvalue weighted by Gasteiger charge is -2.18. The van der Waals surface area contributed by atoms with Gasteiger partial charge in [-0.15, -0.1) is 11.3 Å². The highest BCUT2D eigenvalue weighted by Gasteiger charge is 2.29. The zero-order valence-electron chi connectivity index (χ0n) is 15.3. The molecule has 27 heavy (non-hydrogen) atoms. The molecule has 1 aliphatic rings. The molecule has 1 heterocycles. The van der Waals surface area contributed by atoms with Crippen LogP contribution in [0.2, 0.25) is 5.02 Å². The Morgan fingerprint density at radius 1 is 1.26 bits per heavy atom. The molecule has 1 aliphatic carbocycles. The highest BCUT2D eigenvalue weighted by atomic mass is 35.5. The number of halogens is 1. The summed E-state index contributed by atoms with van der Waals surface area (Å²) < 4.78 is 10.8. The smallest absolute Gasteiger partial charge is 0.341 e. The van der Waals surface area contributed by atoms with Crippen LogP contribution in [0.1, 0.15) is 47.0 Å². The van der Waals surface area contributed by atoms with E-state index in [1.807, 2.05) is 6.92 Å². The van der Waals surface area contributed by atoms with Crippen LogP contribution in [0, 0.1) is 0 Å². The van der Waals surface area contributed by atoms with E-state index in [4.69, 9.17) is 21.1 Å². The first kappa shape index (κ1) is 19.7. The molecule has 3 rings (SSSR count). The lowest BCUT2D eigenvalue weighted by molar-refractivity contribution is -0.122. The van der Waals surface area contributed by atoms with Gasteiger partial charge in [-0.1, -0.05) is 30.7 Å². The predicted octanol–water partition coefficient (Wildman–Crippen LogP) is 4.86. The molecule has 1 atom stereocenters. The molecule has 7 heteroatoms. The maximum atomic E-state index is 12.8. The molecule has 5 nitrogen and oxygen atoms in total. The van der Waals surface area contributed by atoms with Crippen molar-refractivity contribution >= 4 is 39.8 Å². The first-order valence-electron chi connectivity index (χ1n) is 9.00. The van der Waals surface area contributed by atoms with Gasteiger partial charge >= 0.3 is 5.97 Å². The lowest BCUT2D eigenvalue weighted by atomic mass is 9.95. The average molecular weight is 408 g/mol. The third-order valence-electron chi connectivity index (χ3n) is 4.57. The van der Waals surface area contributed by atoms with E-state index in [0.717, 1.165) is 36.1 Å². The van der Waals surface area contributed by atoms with E-state index in [2.05, 4.69) is 5.32 Å². The minimum Gasteiger partial charge on any atom is -0.479 e. The number of ether oxygens (including phenoxy) is 2. The van der Waals surface area contributed by atoms with Crippen LogP contribution in [0.15, 0.2) is 24.3 Å². The van der Waals surface area contributed by atoms with Crippen molar-refractivity contribution in [2.24, 2.45) is 0 Å². The highest BCUT2D eigenvalue weighted by molar-refractivity contribution is 7.17. The van der Waals surface area contributed by atoms with Gasteiger partial charge in [0, 0.05) is 4.88 Å². The predicted molar refractivity (Wildman–Crippen MR) is 107 cm³/mol. The molecule has 144 valence electrons. The average Bonchev–Trinajstić information content (AvgIpc) is 3.04. The normalized spacial score (nSPS) is 14.2. The number of nitrogens with one attached hydrogen (secondary N) is 1. The van der Waals surface area contributed by atoms with Crippen LogP contribution in [0.5, 0.6) is 5.75 Å². The van der Waals surface area contributed by atoms with Gasteiger partial charge in [0.25, 0.3) is 5.91 Å². The fraction of sp³-hybridized carbons (Fsp3) is 0.400. The first-order chi connectivity index (χ1) is 13.0. The van der Waals surface area contributed by atoms with Crippen molar-refractivity contribution in [3.05, 3.63) is 45.3 Å². The number of hydrogen-bond acceptors (Lipinski definition) is 5. The number of aryl methyl sites for hydroxylation is 1. The molecule has 1 aromatic heterocycles. The van der Waals surface area contributed by atoms with Gasteiger partial charge in [0.05, 0.1) is 17.7 Å². The fourth-order valence-corrected chi connectivity index (χ4v) is 4.64. The van der Waals surface area contributed by atoms with E-state index in [1.165, 1.54) is 18.4 Å². The van der Waals surface area contributed by atoms with E-state index in [1.54, 1.807) is 24.3 Å². The summed E-state index contributed by atoms with van der Waals surface area (Å²) >= 11 is 7.59. The van der Waals surface area contributed by atoms with Crippen LogP contribution in [0.3, 0.4) is 0 Å². The number of esters is 1. The number of hydrogen-bond donors (Lipinski definition) is 1. The number of methoxy groups -OCH3 is 1. The zero-order valence-corrected chi connectivity index (χ0v) is 16.9. The molecule has 0 radical (unpaired) electrons. The van der Waals surface area contributed by atoms with Crippen LogP contribution in [-0.4, -0.2) is 25.1 Å². The van der Waals surface area contributed by atoms with Gasteiger partial charge in [-0.2, -0.15) is 0 Å². The van der Waals surface area contributed by atoms with Crippen molar-refractivity contribution in [3.8, 4) is 5.75 Å². The molecule has 1 aromatic carbocycles. The van der Waals surface area contributed by atoms with Gasteiger partial charge in [0.1, 0.15) is 10.8 Å². The SMILES string of the molecule is CC[C@H](Oc1ccccc1Cl)C(=O)Nc1sc2c(c1C(=O)OC)CCCC2. The monoisotopic (exact) mass is 407 g/mol. The largest absolute Gasteiger partial charge is 0.479 e. The van der Waals surface area contributed by atoms with E-state index in [9.17, 15) is 9.59 Å². The molecule has 1 amide bonds. The molecular weight excluding hydrogens is 386 g/mol. The van der Waals surface area contributed by atoms with Crippen LogP contribution < -0.4 is 10.1 Å². The number of anilines is 1. The Hall–Kier alpha value is -2.05. The molecule has 0 aliphatic heterocycles. The summed E-state index contributed by atoms with van der Waals surface area (Å²) in [6.45, 7) is 1.86. The van der Waals surface area contributed by atoms with E-state index >= 15 is 0 Å². The van der Waals surface area contributed by atoms with E-state index in [-0.39, 0.29) is 5.91 Å². The quantitative estimate of drug-likeness (QED) is 0.694. The van der Waals surface area contributed by atoms with Gasteiger partial charge in [-0.05, 0) is 49.8 Å². The summed E-state index contributed by atoms with van der Waals surface area (Å²) in [6, 6.07) is 7.04. The van der Waals surface area contributed by atoms with Crippen LogP contribution >= 0.6 is 22.9 Å². The maximum Gasteiger partial charge on any atom is 0.341 e. The Morgan fingerprint density at radius 2 is 2.00 bits per heavy atom. The van der Waals surface area contributed by atoms with Crippen LogP contribution in [-0.2, 0) is 22.4 Å². The second kappa shape index (κ2) is 8.76. The molecule has 0 saturated heterocycles. The van der Waals surface area contributed by atoms with Crippen molar-refractivity contribution < 1.29 is 19.1 Å². The van der Waals surface area contributed by atoms with Crippen molar-refractivity contribution in [1.29, 1.82) is 0 Å². The molecule has 0 spiro atoms. The summed E-state index contributed by atoms with van der Waals surface area (Å²) in [5.41, 5.74) is 1.49. The fourth-order valence-electron chi connectivity index (χ4n) is 3.18. The van der Waals surface area contributed by atoms with Gasteiger partial charge in [-0.25, -0.2) is 4.79 Å². The molecular formula is C20H22ClNO4S. The number of carbonyl (C=O) groups excluding carboxylic acids is 2. The number of thiophene rings is 1. The van der Waals surface area contributed by atoms with Crippen molar-refractivity contribution in [2.45, 2.75) is 45.1 Å². The third-order valence-corrected chi connectivity index (χ3v) is 6.09.